The molecule has 0 aliphatic carbocycles. The SMILES string of the molecule is COC(=O)[C@@H](Nc1ccc([N+](=O)[O-])cc1OCc1ccccc1)[C@@H](C)O. The molecule has 26 heavy (non-hydrogen) atoms. The molecule has 2 rings (SSSR count). The molecule has 0 saturated carbocycles. The van der Waals surface area contributed by atoms with E-state index in [9.17, 15) is 20.0 Å². The van der Waals surface area contributed by atoms with Gasteiger partial charge in [-0.05, 0) is 18.6 Å². The number of hydrogen-bond acceptors (Lipinski definition) is 7. The van der Waals surface area contributed by atoms with E-state index in [4.69, 9.17) is 4.74 Å². The molecule has 8 heteroatoms. The van der Waals surface area contributed by atoms with Crippen molar-refractivity contribution in [1.82, 2.24) is 0 Å². The maximum atomic E-state index is 11.8. The number of non-ortho nitro benzene ring substituents is 1. The fourth-order valence-electron chi connectivity index (χ4n) is 2.27. The van der Waals surface area contributed by atoms with Gasteiger partial charge >= 0.3 is 5.97 Å². The van der Waals surface area contributed by atoms with Gasteiger partial charge in [-0.1, -0.05) is 30.3 Å². The lowest BCUT2D eigenvalue weighted by Gasteiger charge is -2.21. The second kappa shape index (κ2) is 8.82. The number of aliphatic hydroxyl groups excluding tert-OH is 1. The number of nitro benzene ring substituents is 1. The van der Waals surface area contributed by atoms with Gasteiger partial charge in [0.25, 0.3) is 5.69 Å². The highest BCUT2D eigenvalue weighted by atomic mass is 16.6. The highest BCUT2D eigenvalue weighted by Gasteiger charge is 2.26. The Hall–Kier alpha value is -3.13. The lowest BCUT2D eigenvalue weighted by Crippen LogP contribution is -2.40. The van der Waals surface area contributed by atoms with Crippen LogP contribution in [0.4, 0.5) is 11.4 Å². The van der Waals surface area contributed by atoms with E-state index in [1.165, 1.54) is 32.2 Å². The number of nitrogens with one attached hydrogen (secondary N) is 1. The first-order chi connectivity index (χ1) is 12.4. The van der Waals surface area contributed by atoms with Crippen molar-refractivity contribution in [1.29, 1.82) is 0 Å². The first kappa shape index (κ1) is 19.2. The van der Waals surface area contributed by atoms with E-state index in [0.29, 0.717) is 5.69 Å². The molecule has 8 nitrogen and oxygen atoms in total. The van der Waals surface area contributed by atoms with Gasteiger partial charge in [0.05, 0.1) is 29.9 Å². The smallest absolute Gasteiger partial charge is 0.330 e. The summed E-state index contributed by atoms with van der Waals surface area (Å²) in [6, 6.07) is 12.2. The van der Waals surface area contributed by atoms with E-state index in [0.717, 1.165) is 5.56 Å². The molecule has 2 atom stereocenters. The van der Waals surface area contributed by atoms with Crippen LogP contribution in [0.15, 0.2) is 48.5 Å². The van der Waals surface area contributed by atoms with Gasteiger partial charge in [-0.25, -0.2) is 4.79 Å². The summed E-state index contributed by atoms with van der Waals surface area (Å²) >= 11 is 0. The standard InChI is InChI=1S/C18H20N2O6/c1-12(21)17(18(22)25-2)19-15-9-8-14(20(23)24)10-16(15)26-11-13-6-4-3-5-7-13/h3-10,12,17,19,21H,11H2,1-2H3/t12-,17+/m1/s1. The average molecular weight is 360 g/mol. The van der Waals surface area contributed by atoms with Crippen LogP contribution in [0.2, 0.25) is 0 Å². The zero-order chi connectivity index (χ0) is 19.1. The van der Waals surface area contributed by atoms with E-state index < -0.39 is 23.0 Å². The summed E-state index contributed by atoms with van der Waals surface area (Å²) in [7, 11) is 1.21. The molecule has 0 heterocycles. The summed E-state index contributed by atoms with van der Waals surface area (Å²) in [5, 5.41) is 23.7. The quantitative estimate of drug-likeness (QED) is 0.423. The number of ether oxygens (including phenoxy) is 2. The van der Waals surface area contributed by atoms with Crippen LogP contribution in [0.25, 0.3) is 0 Å². The maximum Gasteiger partial charge on any atom is 0.330 e. The lowest BCUT2D eigenvalue weighted by atomic mass is 10.1. The molecule has 0 saturated heterocycles. The number of hydrogen-bond donors (Lipinski definition) is 2. The van der Waals surface area contributed by atoms with Crippen LogP contribution in [-0.4, -0.2) is 35.3 Å². The molecule has 0 bridgehead atoms. The van der Waals surface area contributed by atoms with Crippen molar-refractivity contribution < 1.29 is 24.3 Å². The second-order valence-corrected chi connectivity index (χ2v) is 5.60. The van der Waals surface area contributed by atoms with Gasteiger partial charge in [0.2, 0.25) is 0 Å². The minimum atomic E-state index is -1.04. The van der Waals surface area contributed by atoms with Crippen molar-refractivity contribution in [2.75, 3.05) is 12.4 Å². The predicted octanol–water partition coefficient (Wildman–Crippen LogP) is 2.51. The topological polar surface area (TPSA) is 111 Å². The summed E-state index contributed by atoms with van der Waals surface area (Å²) in [5.74, 6) is -0.468. The molecule has 0 unspecified atom stereocenters. The Kier molecular flexibility index (Phi) is 6.51. The Morgan fingerprint density at radius 2 is 1.96 bits per heavy atom. The van der Waals surface area contributed by atoms with Crippen molar-refractivity contribution in [3.05, 3.63) is 64.2 Å². The minimum absolute atomic E-state index is 0.148. The van der Waals surface area contributed by atoms with Gasteiger partial charge < -0.3 is 19.9 Å². The summed E-state index contributed by atoms with van der Waals surface area (Å²) < 4.78 is 10.4. The van der Waals surface area contributed by atoms with Crippen molar-refractivity contribution in [2.45, 2.75) is 25.7 Å². The number of carbonyl (C=O) groups excluding carboxylic acids is 1. The Bertz CT molecular complexity index is 764. The molecular formula is C18H20N2O6. The number of nitro groups is 1. The Morgan fingerprint density at radius 1 is 1.27 bits per heavy atom. The summed E-state index contributed by atoms with van der Waals surface area (Å²) in [6.45, 7) is 1.62. The second-order valence-electron chi connectivity index (χ2n) is 5.60. The number of aliphatic hydroxyl groups is 1. The third-order valence-corrected chi connectivity index (χ3v) is 3.66. The maximum absolute atomic E-state index is 11.8. The van der Waals surface area contributed by atoms with Gasteiger partial charge in [0, 0.05) is 6.07 Å². The van der Waals surface area contributed by atoms with Crippen LogP contribution in [0.1, 0.15) is 12.5 Å². The van der Waals surface area contributed by atoms with Crippen LogP contribution in [0.5, 0.6) is 5.75 Å². The molecule has 2 aromatic rings. The monoisotopic (exact) mass is 360 g/mol. The molecular weight excluding hydrogens is 340 g/mol. The van der Waals surface area contributed by atoms with E-state index >= 15 is 0 Å². The van der Waals surface area contributed by atoms with Gasteiger partial charge in [-0.2, -0.15) is 0 Å². The number of benzene rings is 2. The number of rotatable bonds is 8. The number of nitrogens with zero attached hydrogens (tertiary/aromatic N) is 1. The van der Waals surface area contributed by atoms with Crippen LogP contribution in [0, 0.1) is 10.1 Å². The highest BCUT2D eigenvalue weighted by molar-refractivity contribution is 5.81. The van der Waals surface area contributed by atoms with E-state index in [1.54, 1.807) is 0 Å². The first-order valence-electron chi connectivity index (χ1n) is 7.90. The molecule has 0 aliphatic rings. The van der Waals surface area contributed by atoms with Crippen LogP contribution >= 0.6 is 0 Å². The molecule has 2 N–H and O–H groups in total. The summed E-state index contributed by atoms with van der Waals surface area (Å²) in [5.41, 5.74) is 1.07. The van der Waals surface area contributed by atoms with Crippen molar-refractivity contribution in [3.8, 4) is 5.75 Å². The Labute approximate surface area is 150 Å². The average Bonchev–Trinajstić information content (AvgIpc) is 2.64. The molecule has 0 amide bonds. The number of esters is 1. The first-order valence-corrected chi connectivity index (χ1v) is 7.90. The molecule has 0 spiro atoms. The molecule has 0 fully saturated rings. The predicted molar refractivity (Wildman–Crippen MR) is 95.0 cm³/mol. The fourth-order valence-corrected chi connectivity index (χ4v) is 2.27. The third-order valence-electron chi connectivity index (χ3n) is 3.66. The lowest BCUT2D eigenvalue weighted by molar-refractivity contribution is -0.384. The highest BCUT2D eigenvalue weighted by Crippen LogP contribution is 2.31. The molecule has 0 radical (unpaired) electrons. The Balaban J connectivity index is 2.28. The van der Waals surface area contributed by atoms with E-state index in [2.05, 4.69) is 10.1 Å². The fraction of sp³-hybridized carbons (Fsp3) is 0.278. The Morgan fingerprint density at radius 3 is 2.54 bits per heavy atom. The minimum Gasteiger partial charge on any atom is -0.486 e. The number of anilines is 1. The third kappa shape index (κ3) is 4.93. The number of methoxy groups -OCH3 is 1. The van der Waals surface area contributed by atoms with Crippen LogP contribution in [0.3, 0.4) is 0 Å². The van der Waals surface area contributed by atoms with Crippen LogP contribution in [-0.2, 0) is 16.1 Å². The van der Waals surface area contributed by atoms with Crippen molar-refractivity contribution in [3.63, 3.8) is 0 Å². The molecule has 0 aromatic heterocycles. The van der Waals surface area contributed by atoms with Crippen LogP contribution < -0.4 is 10.1 Å². The zero-order valence-electron chi connectivity index (χ0n) is 14.4. The molecule has 0 aliphatic heterocycles. The zero-order valence-corrected chi connectivity index (χ0v) is 14.4. The van der Waals surface area contributed by atoms with E-state index in [1.807, 2.05) is 30.3 Å². The molecule has 138 valence electrons. The van der Waals surface area contributed by atoms with Gasteiger partial charge in [-0.15, -0.1) is 0 Å². The van der Waals surface area contributed by atoms with Crippen molar-refractivity contribution in [2.24, 2.45) is 0 Å². The largest absolute Gasteiger partial charge is 0.486 e. The normalized spacial score (nSPS) is 12.7. The number of carbonyl (C=O) groups is 1. The van der Waals surface area contributed by atoms with Gasteiger partial charge in [0.15, 0.2) is 6.04 Å². The molecule has 2 aromatic carbocycles. The van der Waals surface area contributed by atoms with E-state index in [-0.39, 0.29) is 18.0 Å². The summed E-state index contributed by atoms with van der Waals surface area (Å²) in [6.07, 6.45) is -1.04. The van der Waals surface area contributed by atoms with Gasteiger partial charge in [-0.3, -0.25) is 10.1 Å². The van der Waals surface area contributed by atoms with Crippen molar-refractivity contribution >= 4 is 17.3 Å². The van der Waals surface area contributed by atoms with Gasteiger partial charge in [0.1, 0.15) is 12.4 Å². The summed E-state index contributed by atoms with van der Waals surface area (Å²) in [4.78, 5) is 22.3.